The van der Waals surface area contributed by atoms with E-state index in [0.717, 1.165) is 17.1 Å². The third-order valence-corrected chi connectivity index (χ3v) is 4.55. The summed E-state index contributed by atoms with van der Waals surface area (Å²) in [7, 11) is 0. The number of aromatic amines is 1. The summed E-state index contributed by atoms with van der Waals surface area (Å²) < 4.78 is 0. The van der Waals surface area contributed by atoms with Gasteiger partial charge in [0.05, 0.1) is 5.92 Å². The van der Waals surface area contributed by atoms with Crippen molar-refractivity contribution in [2.24, 2.45) is 0 Å². The van der Waals surface area contributed by atoms with Crippen LogP contribution in [-0.4, -0.2) is 25.7 Å². The zero-order valence-corrected chi connectivity index (χ0v) is 10.8. The van der Waals surface area contributed by atoms with Crippen LogP contribution in [0.2, 0.25) is 0 Å². The number of nitrogens with one attached hydrogen (secondary N) is 1. The van der Waals surface area contributed by atoms with Gasteiger partial charge in [-0.3, -0.25) is 0 Å². The summed E-state index contributed by atoms with van der Waals surface area (Å²) in [6, 6.07) is 8.43. The second kappa shape index (κ2) is 3.96. The Kier molecular flexibility index (Phi) is 2.25. The number of imidazole rings is 1. The number of hydrogen-bond acceptors (Lipinski definition) is 5. The topological polar surface area (TPSA) is 80.5 Å². The monoisotopic (exact) mass is 269 g/mol. The predicted octanol–water partition coefficient (Wildman–Crippen LogP) is 2.17. The summed E-state index contributed by atoms with van der Waals surface area (Å²) in [5.74, 6) is 2.63. The maximum Gasteiger partial charge on any atom is 0.183 e. The van der Waals surface area contributed by atoms with E-state index in [0.29, 0.717) is 11.5 Å². The number of aromatic nitrogens is 4. The van der Waals surface area contributed by atoms with Crippen LogP contribution in [0.1, 0.15) is 17.3 Å². The molecule has 0 fully saturated rings. The van der Waals surface area contributed by atoms with Gasteiger partial charge in [-0.25, -0.2) is 15.0 Å². The number of thioether (sulfide) groups is 1. The maximum atomic E-state index is 5.84. The predicted molar refractivity (Wildman–Crippen MR) is 75.1 cm³/mol. The van der Waals surface area contributed by atoms with E-state index < -0.39 is 0 Å². The molecule has 0 saturated carbocycles. The molecule has 0 spiro atoms. The molecule has 0 bridgehead atoms. The van der Waals surface area contributed by atoms with E-state index in [9.17, 15) is 0 Å². The minimum atomic E-state index is 0.273. The molecular weight excluding hydrogens is 258 g/mol. The number of anilines is 1. The molecule has 3 N–H and O–H groups in total. The summed E-state index contributed by atoms with van der Waals surface area (Å²) in [6.45, 7) is 0. The van der Waals surface area contributed by atoms with Gasteiger partial charge in [0.25, 0.3) is 0 Å². The Balaban J connectivity index is 1.86. The van der Waals surface area contributed by atoms with Crippen LogP contribution < -0.4 is 5.73 Å². The molecule has 1 aliphatic rings. The van der Waals surface area contributed by atoms with Crippen molar-refractivity contribution in [3.05, 3.63) is 42.0 Å². The minimum absolute atomic E-state index is 0.273. The van der Waals surface area contributed by atoms with Crippen LogP contribution in [0, 0.1) is 0 Å². The van der Waals surface area contributed by atoms with Crippen molar-refractivity contribution in [3.8, 4) is 0 Å². The molecule has 19 heavy (non-hydrogen) atoms. The van der Waals surface area contributed by atoms with Crippen LogP contribution in [0.15, 0.2) is 35.5 Å². The van der Waals surface area contributed by atoms with E-state index in [2.05, 4.69) is 44.2 Å². The van der Waals surface area contributed by atoms with Crippen LogP contribution in [-0.2, 0) is 0 Å². The molecule has 0 radical (unpaired) electrons. The second-order valence-corrected chi connectivity index (χ2v) is 5.54. The Morgan fingerprint density at radius 1 is 1.26 bits per heavy atom. The second-order valence-electron chi connectivity index (χ2n) is 4.48. The van der Waals surface area contributed by atoms with Crippen molar-refractivity contribution < 1.29 is 0 Å². The van der Waals surface area contributed by atoms with E-state index in [1.165, 1.54) is 16.8 Å². The van der Waals surface area contributed by atoms with Crippen molar-refractivity contribution in [2.75, 3.05) is 11.5 Å². The Morgan fingerprint density at radius 3 is 3.05 bits per heavy atom. The van der Waals surface area contributed by atoms with Gasteiger partial charge in [-0.2, -0.15) is 0 Å². The summed E-state index contributed by atoms with van der Waals surface area (Å²) in [6.07, 6.45) is 1.44. The Morgan fingerprint density at radius 2 is 2.16 bits per heavy atom. The number of benzene rings is 1. The van der Waals surface area contributed by atoms with E-state index in [1.54, 1.807) is 0 Å². The summed E-state index contributed by atoms with van der Waals surface area (Å²) in [4.78, 5) is 17.3. The van der Waals surface area contributed by atoms with Gasteiger partial charge >= 0.3 is 0 Å². The summed E-state index contributed by atoms with van der Waals surface area (Å²) in [5, 5.41) is 0. The third kappa shape index (κ3) is 1.60. The first-order valence-corrected chi connectivity index (χ1v) is 6.99. The molecule has 0 amide bonds. The smallest absolute Gasteiger partial charge is 0.183 e. The van der Waals surface area contributed by atoms with Gasteiger partial charge in [0.15, 0.2) is 11.5 Å². The molecule has 0 aliphatic carbocycles. The molecule has 1 unspecified atom stereocenters. The Hall–Kier alpha value is -2.08. The average Bonchev–Trinajstić information content (AvgIpc) is 3.02. The van der Waals surface area contributed by atoms with Crippen molar-refractivity contribution >= 4 is 28.7 Å². The van der Waals surface area contributed by atoms with Crippen LogP contribution in [0.5, 0.6) is 0 Å². The fourth-order valence-electron chi connectivity index (χ4n) is 2.42. The standard InChI is InChI=1S/C13H11N5S/c14-11-10-13(16-6-15-11)18-12(17-10)8-5-19-9-4-2-1-3-7(8)9/h1-4,6,8H,5H2,(H3,14,15,16,17,18). The van der Waals surface area contributed by atoms with Crippen molar-refractivity contribution in [1.29, 1.82) is 0 Å². The third-order valence-electron chi connectivity index (χ3n) is 3.37. The molecule has 1 aliphatic heterocycles. The van der Waals surface area contributed by atoms with Crippen LogP contribution in [0.4, 0.5) is 5.82 Å². The molecule has 5 nitrogen and oxygen atoms in total. The number of nitrogens with two attached hydrogens (primary N) is 1. The highest BCUT2D eigenvalue weighted by atomic mass is 32.2. The van der Waals surface area contributed by atoms with Crippen molar-refractivity contribution in [2.45, 2.75) is 10.8 Å². The Bertz CT molecular complexity index is 767. The van der Waals surface area contributed by atoms with E-state index in [1.807, 2.05) is 11.8 Å². The molecule has 0 saturated heterocycles. The zero-order chi connectivity index (χ0) is 12.8. The first kappa shape index (κ1) is 10.8. The molecule has 3 heterocycles. The fraction of sp³-hybridized carbons (Fsp3) is 0.154. The molecule has 3 aromatic rings. The Labute approximate surface area is 113 Å². The number of nitrogen functional groups attached to an aromatic ring is 1. The lowest BCUT2D eigenvalue weighted by Gasteiger charge is -2.06. The molecule has 94 valence electrons. The van der Waals surface area contributed by atoms with Gasteiger partial charge in [-0.15, -0.1) is 11.8 Å². The highest BCUT2D eigenvalue weighted by Gasteiger charge is 2.27. The number of fused-ring (bicyclic) bond motifs is 2. The molecule has 1 aromatic carbocycles. The van der Waals surface area contributed by atoms with Crippen molar-refractivity contribution in [3.63, 3.8) is 0 Å². The van der Waals surface area contributed by atoms with Crippen LogP contribution >= 0.6 is 11.8 Å². The molecule has 1 atom stereocenters. The molecule has 6 heteroatoms. The van der Waals surface area contributed by atoms with Crippen LogP contribution in [0.3, 0.4) is 0 Å². The number of nitrogens with zero attached hydrogens (tertiary/aromatic N) is 3. The van der Waals surface area contributed by atoms with Crippen molar-refractivity contribution in [1.82, 2.24) is 19.9 Å². The molecular formula is C13H11N5S. The lowest BCUT2D eigenvalue weighted by Crippen LogP contribution is -2.01. The lowest BCUT2D eigenvalue weighted by atomic mass is 10.0. The minimum Gasteiger partial charge on any atom is -0.382 e. The molecule has 4 rings (SSSR count). The maximum absolute atomic E-state index is 5.84. The number of rotatable bonds is 1. The highest BCUT2D eigenvalue weighted by molar-refractivity contribution is 7.99. The van der Waals surface area contributed by atoms with E-state index >= 15 is 0 Å². The van der Waals surface area contributed by atoms with Gasteiger partial charge < -0.3 is 10.7 Å². The van der Waals surface area contributed by atoms with Gasteiger partial charge in [-0.1, -0.05) is 18.2 Å². The quantitative estimate of drug-likeness (QED) is 0.707. The zero-order valence-electron chi connectivity index (χ0n) is 10.00. The number of hydrogen-bond donors (Lipinski definition) is 2. The molecule has 2 aromatic heterocycles. The van der Waals surface area contributed by atoms with E-state index in [-0.39, 0.29) is 5.92 Å². The number of H-pyrrole nitrogens is 1. The van der Waals surface area contributed by atoms with Gasteiger partial charge in [0, 0.05) is 10.6 Å². The SMILES string of the molecule is Nc1ncnc2nc(C3CSc4ccccc43)[nH]c12. The van der Waals surface area contributed by atoms with E-state index in [4.69, 9.17) is 5.73 Å². The fourth-order valence-corrected chi connectivity index (χ4v) is 3.65. The van der Waals surface area contributed by atoms with Gasteiger partial charge in [0.2, 0.25) is 0 Å². The summed E-state index contributed by atoms with van der Waals surface area (Å²) in [5.41, 5.74) is 8.52. The average molecular weight is 269 g/mol. The summed E-state index contributed by atoms with van der Waals surface area (Å²) >= 11 is 1.86. The van der Waals surface area contributed by atoms with Gasteiger partial charge in [0.1, 0.15) is 17.7 Å². The lowest BCUT2D eigenvalue weighted by molar-refractivity contribution is 0.857. The van der Waals surface area contributed by atoms with Crippen LogP contribution in [0.25, 0.3) is 11.2 Å². The first-order chi connectivity index (χ1) is 9.33. The first-order valence-electron chi connectivity index (χ1n) is 6.01. The van der Waals surface area contributed by atoms with Gasteiger partial charge in [-0.05, 0) is 11.6 Å². The normalized spacial score (nSPS) is 17.8. The largest absolute Gasteiger partial charge is 0.382 e. The highest BCUT2D eigenvalue weighted by Crippen LogP contribution is 2.42.